The van der Waals surface area contributed by atoms with E-state index in [-0.39, 0.29) is 5.91 Å². The summed E-state index contributed by atoms with van der Waals surface area (Å²) in [5.41, 5.74) is 6.04. The van der Waals surface area contributed by atoms with E-state index in [4.69, 9.17) is 4.42 Å². The first-order valence-corrected chi connectivity index (χ1v) is 7.81. The number of hydrogen-bond donors (Lipinski definition) is 1. The Labute approximate surface area is 128 Å². The monoisotopic (exact) mass is 298 g/mol. The molecular weight excluding hydrogens is 280 g/mol. The first kappa shape index (κ1) is 13.3. The number of aromatic nitrogens is 1. The molecule has 6 heteroatoms. The normalized spacial score (nSPS) is 19.2. The van der Waals surface area contributed by atoms with Crippen molar-refractivity contribution in [1.82, 2.24) is 10.4 Å². The maximum Gasteiger partial charge on any atom is 0.298 e. The molecule has 1 amide bonds. The first-order chi connectivity index (χ1) is 10.8. The zero-order chi connectivity index (χ0) is 14.9. The minimum Gasteiger partial charge on any atom is -0.423 e. The van der Waals surface area contributed by atoms with Crippen molar-refractivity contribution >= 4 is 28.7 Å². The largest absolute Gasteiger partial charge is 0.423 e. The molecule has 0 aliphatic carbocycles. The SMILES string of the molecule is O=C1CCC(c2ccc3nc(N4CCCCC4)oc3c2)=NN1. The molecule has 0 atom stereocenters. The molecule has 0 radical (unpaired) electrons. The van der Waals surface area contributed by atoms with Crippen molar-refractivity contribution in [2.45, 2.75) is 32.1 Å². The van der Waals surface area contributed by atoms with Gasteiger partial charge in [0.25, 0.3) is 6.01 Å². The molecule has 2 aromatic rings. The van der Waals surface area contributed by atoms with E-state index in [1.807, 2.05) is 18.2 Å². The van der Waals surface area contributed by atoms with Gasteiger partial charge in [-0.1, -0.05) is 6.07 Å². The van der Waals surface area contributed by atoms with Crippen LogP contribution >= 0.6 is 0 Å². The summed E-state index contributed by atoms with van der Waals surface area (Å²) >= 11 is 0. The van der Waals surface area contributed by atoms with Gasteiger partial charge in [-0.25, -0.2) is 5.43 Å². The molecule has 4 rings (SSSR count). The van der Waals surface area contributed by atoms with E-state index in [9.17, 15) is 4.79 Å². The van der Waals surface area contributed by atoms with Crippen LogP contribution in [0.15, 0.2) is 27.7 Å². The number of carbonyl (C=O) groups excluding carboxylic acids is 1. The van der Waals surface area contributed by atoms with Gasteiger partial charge in [-0.2, -0.15) is 10.1 Å². The summed E-state index contributed by atoms with van der Waals surface area (Å²) in [5, 5.41) is 4.13. The lowest BCUT2D eigenvalue weighted by molar-refractivity contribution is -0.121. The number of nitrogens with one attached hydrogen (secondary N) is 1. The van der Waals surface area contributed by atoms with Crippen molar-refractivity contribution in [1.29, 1.82) is 0 Å². The van der Waals surface area contributed by atoms with Crippen molar-refractivity contribution in [2.24, 2.45) is 5.10 Å². The Balaban J connectivity index is 1.64. The first-order valence-electron chi connectivity index (χ1n) is 7.81. The fraction of sp³-hybridized carbons (Fsp3) is 0.438. The van der Waals surface area contributed by atoms with Crippen LogP contribution in [0.4, 0.5) is 6.01 Å². The second-order valence-electron chi connectivity index (χ2n) is 5.82. The summed E-state index contributed by atoms with van der Waals surface area (Å²) in [6.45, 7) is 2.02. The van der Waals surface area contributed by atoms with Gasteiger partial charge < -0.3 is 9.32 Å². The highest BCUT2D eigenvalue weighted by Gasteiger charge is 2.18. The molecule has 1 aromatic heterocycles. The third kappa shape index (κ3) is 2.45. The van der Waals surface area contributed by atoms with Crippen molar-refractivity contribution in [3.8, 4) is 0 Å². The number of amides is 1. The van der Waals surface area contributed by atoms with Gasteiger partial charge in [0, 0.05) is 31.5 Å². The summed E-state index contributed by atoms with van der Waals surface area (Å²) < 4.78 is 5.93. The zero-order valence-electron chi connectivity index (χ0n) is 12.3. The highest BCUT2D eigenvalue weighted by molar-refractivity contribution is 6.05. The van der Waals surface area contributed by atoms with E-state index < -0.39 is 0 Å². The number of carbonyl (C=O) groups is 1. The summed E-state index contributed by atoms with van der Waals surface area (Å²) in [7, 11) is 0. The molecule has 2 aliphatic heterocycles. The molecular formula is C16H18N4O2. The number of anilines is 1. The number of nitrogens with zero attached hydrogens (tertiary/aromatic N) is 3. The quantitative estimate of drug-likeness (QED) is 0.924. The fourth-order valence-electron chi connectivity index (χ4n) is 2.99. The van der Waals surface area contributed by atoms with Gasteiger partial charge in [0.15, 0.2) is 5.58 Å². The van der Waals surface area contributed by atoms with Gasteiger partial charge in [-0.05, 0) is 31.4 Å². The summed E-state index contributed by atoms with van der Waals surface area (Å²) in [6.07, 6.45) is 4.81. The van der Waals surface area contributed by atoms with Crippen LogP contribution in [0.25, 0.3) is 11.1 Å². The van der Waals surface area contributed by atoms with E-state index in [0.717, 1.165) is 35.5 Å². The highest BCUT2D eigenvalue weighted by Crippen LogP contribution is 2.26. The second-order valence-corrected chi connectivity index (χ2v) is 5.82. The number of rotatable bonds is 2. The standard InChI is InChI=1S/C16H18N4O2/c21-15-7-6-12(18-19-15)11-4-5-13-14(10-11)22-16(17-13)20-8-2-1-3-9-20/h4-5,10H,1-3,6-9H2,(H,19,21). The minimum atomic E-state index is -0.0307. The van der Waals surface area contributed by atoms with Crippen LogP contribution in [-0.4, -0.2) is 29.7 Å². The van der Waals surface area contributed by atoms with E-state index in [1.165, 1.54) is 19.3 Å². The Morgan fingerprint density at radius 1 is 1.14 bits per heavy atom. The van der Waals surface area contributed by atoms with Crippen LogP contribution in [0.2, 0.25) is 0 Å². The molecule has 6 nitrogen and oxygen atoms in total. The van der Waals surface area contributed by atoms with Gasteiger partial charge in [-0.15, -0.1) is 0 Å². The average molecular weight is 298 g/mol. The molecule has 2 aliphatic rings. The van der Waals surface area contributed by atoms with Crippen molar-refractivity contribution in [3.63, 3.8) is 0 Å². The molecule has 1 fully saturated rings. The predicted octanol–water partition coefficient (Wildman–Crippen LogP) is 2.43. The number of fused-ring (bicyclic) bond motifs is 1. The predicted molar refractivity (Wildman–Crippen MR) is 84.0 cm³/mol. The van der Waals surface area contributed by atoms with Crippen molar-refractivity contribution < 1.29 is 9.21 Å². The van der Waals surface area contributed by atoms with E-state index >= 15 is 0 Å². The number of oxazole rings is 1. The summed E-state index contributed by atoms with van der Waals surface area (Å²) in [6, 6.07) is 6.62. The molecule has 3 heterocycles. The molecule has 114 valence electrons. The van der Waals surface area contributed by atoms with Crippen LogP contribution in [0.5, 0.6) is 0 Å². The lowest BCUT2D eigenvalue weighted by Gasteiger charge is -2.24. The molecule has 1 aromatic carbocycles. The van der Waals surface area contributed by atoms with E-state index in [2.05, 4.69) is 20.4 Å². The van der Waals surface area contributed by atoms with E-state index in [1.54, 1.807) is 0 Å². The number of piperidine rings is 1. The van der Waals surface area contributed by atoms with Gasteiger partial charge in [0.2, 0.25) is 5.91 Å². The maximum absolute atomic E-state index is 11.2. The minimum absolute atomic E-state index is 0.0307. The summed E-state index contributed by atoms with van der Waals surface area (Å²) in [4.78, 5) is 18.0. The molecule has 22 heavy (non-hydrogen) atoms. The third-order valence-electron chi connectivity index (χ3n) is 4.24. The Bertz CT molecular complexity index is 744. The van der Waals surface area contributed by atoms with E-state index in [0.29, 0.717) is 18.9 Å². The fourth-order valence-corrected chi connectivity index (χ4v) is 2.99. The molecule has 0 spiro atoms. The van der Waals surface area contributed by atoms with Gasteiger partial charge in [0.1, 0.15) is 5.52 Å². The zero-order valence-corrected chi connectivity index (χ0v) is 12.3. The molecule has 1 saturated heterocycles. The summed E-state index contributed by atoms with van der Waals surface area (Å²) in [5.74, 6) is -0.0307. The Kier molecular flexibility index (Phi) is 3.29. The molecule has 0 unspecified atom stereocenters. The van der Waals surface area contributed by atoms with Crippen LogP contribution in [-0.2, 0) is 4.79 Å². The van der Waals surface area contributed by atoms with Crippen LogP contribution in [0, 0.1) is 0 Å². The number of hydrogen-bond acceptors (Lipinski definition) is 5. The lowest BCUT2D eigenvalue weighted by atomic mass is 10.0. The van der Waals surface area contributed by atoms with Gasteiger partial charge in [0.05, 0.1) is 5.71 Å². The van der Waals surface area contributed by atoms with Crippen molar-refractivity contribution in [2.75, 3.05) is 18.0 Å². The Morgan fingerprint density at radius 2 is 2.00 bits per heavy atom. The smallest absolute Gasteiger partial charge is 0.298 e. The molecule has 1 N–H and O–H groups in total. The lowest BCUT2D eigenvalue weighted by Crippen LogP contribution is -2.29. The van der Waals surface area contributed by atoms with Gasteiger partial charge >= 0.3 is 0 Å². The number of benzene rings is 1. The molecule has 0 saturated carbocycles. The molecule has 0 bridgehead atoms. The second kappa shape index (κ2) is 5.44. The highest BCUT2D eigenvalue weighted by atomic mass is 16.4. The average Bonchev–Trinajstić information content (AvgIpc) is 2.99. The maximum atomic E-state index is 11.2. The Morgan fingerprint density at radius 3 is 2.77 bits per heavy atom. The topological polar surface area (TPSA) is 70.7 Å². The van der Waals surface area contributed by atoms with Crippen molar-refractivity contribution in [3.05, 3.63) is 23.8 Å². The van der Waals surface area contributed by atoms with Crippen LogP contribution in [0.1, 0.15) is 37.7 Å². The van der Waals surface area contributed by atoms with Crippen LogP contribution in [0.3, 0.4) is 0 Å². The Hall–Kier alpha value is -2.37. The van der Waals surface area contributed by atoms with Crippen LogP contribution < -0.4 is 10.3 Å². The number of hydrazone groups is 1. The van der Waals surface area contributed by atoms with Gasteiger partial charge in [-0.3, -0.25) is 4.79 Å². The third-order valence-corrected chi connectivity index (χ3v) is 4.24.